The molecular formula is C45H29N5. The van der Waals surface area contributed by atoms with Crippen LogP contribution in [0, 0.1) is 0 Å². The van der Waals surface area contributed by atoms with Crippen LogP contribution in [0.4, 0.5) is 0 Å². The third kappa shape index (κ3) is 5.67. The van der Waals surface area contributed by atoms with E-state index in [4.69, 9.17) is 24.9 Å². The number of fused-ring (bicyclic) bond motifs is 2. The summed E-state index contributed by atoms with van der Waals surface area (Å²) in [6.45, 7) is 0. The number of hydrogen-bond donors (Lipinski definition) is 0. The molecule has 7 aromatic carbocycles. The van der Waals surface area contributed by atoms with E-state index in [-0.39, 0.29) is 0 Å². The molecule has 0 spiro atoms. The molecule has 0 fully saturated rings. The Hall–Kier alpha value is -6.85. The van der Waals surface area contributed by atoms with Crippen LogP contribution >= 0.6 is 0 Å². The number of hydrogen-bond acceptors (Lipinski definition) is 5. The molecule has 0 radical (unpaired) electrons. The molecule has 0 aliphatic rings. The van der Waals surface area contributed by atoms with Crippen molar-refractivity contribution in [3.63, 3.8) is 0 Å². The molecule has 2 heterocycles. The Balaban J connectivity index is 1.13. The van der Waals surface area contributed by atoms with Gasteiger partial charge in [0.05, 0.1) is 22.4 Å². The normalized spacial score (nSPS) is 11.2. The second kappa shape index (κ2) is 12.6. The summed E-state index contributed by atoms with van der Waals surface area (Å²) in [6, 6.07) is 59.9. The lowest BCUT2D eigenvalue weighted by molar-refractivity contribution is 1.07. The highest BCUT2D eigenvalue weighted by atomic mass is 15.0. The standard InChI is InChI=1S/C45H29N5/c1-4-12-30(13-5-1)35-24-25-37-29-38(27-26-36(37)28-35)45-49-43(33-16-8-3-9-17-33)48-44(50-45)34-22-20-32(21-23-34)42-41(31-14-6-2-7-15-31)46-39-18-10-11-19-40(39)47-42/h1-29H. The lowest BCUT2D eigenvalue weighted by Gasteiger charge is -2.12. The Morgan fingerprint density at radius 2 is 0.600 bits per heavy atom. The molecule has 0 bridgehead atoms. The minimum absolute atomic E-state index is 0.604. The predicted molar refractivity (Wildman–Crippen MR) is 203 cm³/mol. The van der Waals surface area contributed by atoms with Crippen molar-refractivity contribution in [1.82, 2.24) is 24.9 Å². The van der Waals surface area contributed by atoms with Gasteiger partial charge < -0.3 is 0 Å². The van der Waals surface area contributed by atoms with E-state index in [1.165, 1.54) is 11.1 Å². The lowest BCUT2D eigenvalue weighted by atomic mass is 10.00. The SMILES string of the molecule is c1ccc(-c2ccc3cc(-c4nc(-c5ccccc5)nc(-c5ccc(-c6nc7ccccc7nc6-c6ccccc6)cc5)n4)ccc3c2)cc1. The molecule has 234 valence electrons. The van der Waals surface area contributed by atoms with Gasteiger partial charge in [0.1, 0.15) is 0 Å². The zero-order valence-electron chi connectivity index (χ0n) is 27.0. The average Bonchev–Trinajstić information content (AvgIpc) is 3.21. The Morgan fingerprint density at radius 3 is 1.16 bits per heavy atom. The highest BCUT2D eigenvalue weighted by Gasteiger charge is 2.16. The van der Waals surface area contributed by atoms with Gasteiger partial charge in [0.15, 0.2) is 17.5 Å². The first kappa shape index (κ1) is 29.3. The molecule has 0 saturated carbocycles. The fourth-order valence-electron chi connectivity index (χ4n) is 6.32. The number of para-hydroxylation sites is 2. The first-order valence-corrected chi connectivity index (χ1v) is 16.6. The zero-order valence-corrected chi connectivity index (χ0v) is 27.0. The van der Waals surface area contributed by atoms with E-state index in [1.807, 2.05) is 78.9 Å². The second-order valence-corrected chi connectivity index (χ2v) is 12.2. The van der Waals surface area contributed by atoms with Gasteiger partial charge in [0.2, 0.25) is 0 Å². The summed E-state index contributed by atoms with van der Waals surface area (Å²) in [5, 5.41) is 2.29. The molecule has 2 aromatic heterocycles. The van der Waals surface area contributed by atoms with Crippen LogP contribution in [-0.2, 0) is 0 Å². The Bertz CT molecular complexity index is 2620. The monoisotopic (exact) mass is 639 g/mol. The Morgan fingerprint density at radius 1 is 0.240 bits per heavy atom. The van der Waals surface area contributed by atoms with Gasteiger partial charge >= 0.3 is 0 Å². The summed E-state index contributed by atoms with van der Waals surface area (Å²) < 4.78 is 0. The molecule has 0 N–H and O–H groups in total. The molecule has 50 heavy (non-hydrogen) atoms. The van der Waals surface area contributed by atoms with Crippen molar-refractivity contribution in [2.45, 2.75) is 0 Å². The van der Waals surface area contributed by atoms with E-state index in [0.717, 1.165) is 61.0 Å². The van der Waals surface area contributed by atoms with Gasteiger partial charge in [-0.15, -0.1) is 0 Å². The number of aromatic nitrogens is 5. The van der Waals surface area contributed by atoms with Crippen LogP contribution in [0.5, 0.6) is 0 Å². The fraction of sp³-hybridized carbons (Fsp3) is 0. The molecule has 0 atom stereocenters. The van der Waals surface area contributed by atoms with E-state index in [9.17, 15) is 0 Å². The van der Waals surface area contributed by atoms with E-state index >= 15 is 0 Å². The minimum atomic E-state index is 0.604. The highest BCUT2D eigenvalue weighted by Crippen LogP contribution is 2.33. The van der Waals surface area contributed by atoms with Crippen molar-refractivity contribution < 1.29 is 0 Å². The molecule has 0 aliphatic carbocycles. The number of nitrogens with zero attached hydrogens (tertiary/aromatic N) is 5. The van der Waals surface area contributed by atoms with Gasteiger partial charge in [-0.1, -0.05) is 152 Å². The van der Waals surface area contributed by atoms with Crippen molar-refractivity contribution in [1.29, 1.82) is 0 Å². The van der Waals surface area contributed by atoms with Gasteiger partial charge in [0, 0.05) is 27.8 Å². The van der Waals surface area contributed by atoms with Crippen molar-refractivity contribution in [2.75, 3.05) is 0 Å². The fourth-order valence-corrected chi connectivity index (χ4v) is 6.32. The number of benzene rings is 7. The van der Waals surface area contributed by atoms with Gasteiger partial charge in [0.25, 0.3) is 0 Å². The van der Waals surface area contributed by atoms with E-state index in [2.05, 4.69) is 97.1 Å². The van der Waals surface area contributed by atoms with Gasteiger partial charge in [-0.25, -0.2) is 24.9 Å². The first-order chi connectivity index (χ1) is 24.7. The smallest absolute Gasteiger partial charge is 0.164 e. The van der Waals surface area contributed by atoms with Crippen LogP contribution in [0.3, 0.4) is 0 Å². The van der Waals surface area contributed by atoms with Crippen LogP contribution in [0.15, 0.2) is 176 Å². The zero-order chi connectivity index (χ0) is 33.3. The van der Waals surface area contributed by atoms with Gasteiger partial charge in [-0.05, 0) is 46.2 Å². The molecule has 9 aromatic rings. The van der Waals surface area contributed by atoms with Crippen LogP contribution in [0.25, 0.3) is 89.6 Å². The molecule has 5 heteroatoms. The largest absolute Gasteiger partial charge is 0.244 e. The van der Waals surface area contributed by atoms with Crippen LogP contribution < -0.4 is 0 Å². The quantitative estimate of drug-likeness (QED) is 0.181. The van der Waals surface area contributed by atoms with E-state index in [1.54, 1.807) is 0 Å². The third-order valence-corrected chi connectivity index (χ3v) is 8.91. The van der Waals surface area contributed by atoms with Gasteiger partial charge in [-0.2, -0.15) is 0 Å². The van der Waals surface area contributed by atoms with Crippen LogP contribution in [0.1, 0.15) is 0 Å². The van der Waals surface area contributed by atoms with E-state index in [0.29, 0.717) is 17.5 Å². The van der Waals surface area contributed by atoms with Crippen LogP contribution in [0.2, 0.25) is 0 Å². The Labute approximate surface area is 289 Å². The highest BCUT2D eigenvalue weighted by molar-refractivity contribution is 5.91. The van der Waals surface area contributed by atoms with Crippen LogP contribution in [-0.4, -0.2) is 24.9 Å². The summed E-state index contributed by atoms with van der Waals surface area (Å²) in [5.41, 5.74) is 10.5. The van der Waals surface area contributed by atoms with Crippen molar-refractivity contribution >= 4 is 21.8 Å². The van der Waals surface area contributed by atoms with Crippen molar-refractivity contribution in [3.8, 4) is 67.8 Å². The maximum absolute atomic E-state index is 5.08. The molecule has 9 rings (SSSR count). The number of rotatable bonds is 6. The third-order valence-electron chi connectivity index (χ3n) is 8.91. The predicted octanol–water partition coefficient (Wildman–Crippen LogP) is 11.0. The minimum Gasteiger partial charge on any atom is -0.244 e. The topological polar surface area (TPSA) is 64.5 Å². The summed E-state index contributed by atoms with van der Waals surface area (Å²) >= 11 is 0. The lowest BCUT2D eigenvalue weighted by Crippen LogP contribution is -2.00. The van der Waals surface area contributed by atoms with Crippen molar-refractivity contribution in [3.05, 3.63) is 176 Å². The Kier molecular flexibility index (Phi) is 7.41. The summed E-state index contributed by atoms with van der Waals surface area (Å²) in [6.07, 6.45) is 0. The molecule has 0 aliphatic heterocycles. The van der Waals surface area contributed by atoms with Gasteiger partial charge in [-0.3, -0.25) is 0 Å². The summed E-state index contributed by atoms with van der Waals surface area (Å²) in [7, 11) is 0. The van der Waals surface area contributed by atoms with E-state index < -0.39 is 0 Å². The molecule has 5 nitrogen and oxygen atoms in total. The summed E-state index contributed by atoms with van der Waals surface area (Å²) in [4.78, 5) is 25.1. The molecule has 0 amide bonds. The molecular weight excluding hydrogens is 611 g/mol. The average molecular weight is 640 g/mol. The molecule has 0 unspecified atom stereocenters. The first-order valence-electron chi connectivity index (χ1n) is 16.6. The second-order valence-electron chi connectivity index (χ2n) is 12.2. The molecule has 0 saturated heterocycles. The van der Waals surface area contributed by atoms with Crippen molar-refractivity contribution in [2.24, 2.45) is 0 Å². The maximum atomic E-state index is 5.08. The summed E-state index contributed by atoms with van der Waals surface area (Å²) in [5.74, 6) is 1.85. The maximum Gasteiger partial charge on any atom is 0.164 e.